The topological polar surface area (TPSA) is 176 Å². The molecule has 4 aliphatic carbocycles. The Morgan fingerprint density at radius 2 is 1.68 bits per heavy atom. The molecule has 0 spiro atoms. The van der Waals surface area contributed by atoms with Gasteiger partial charge in [-0.25, -0.2) is 0 Å². The zero-order chi connectivity index (χ0) is 31.5. The predicted octanol–water partition coefficient (Wildman–Crippen LogP) is 0.319. The molecule has 0 aromatic carbocycles. The molecule has 2 atom stereocenters. The Morgan fingerprint density at radius 3 is 2.32 bits per heavy atom. The van der Waals surface area contributed by atoms with Gasteiger partial charge in [0.1, 0.15) is 24.3 Å². The van der Waals surface area contributed by atoms with Crippen LogP contribution in [0.5, 0.6) is 0 Å². The van der Waals surface area contributed by atoms with Crippen molar-refractivity contribution in [2.75, 3.05) is 18.9 Å². The third-order valence-corrected chi connectivity index (χ3v) is 9.88. The highest BCUT2D eigenvalue weighted by molar-refractivity contribution is 6.36. The molecule has 2 heterocycles. The first-order valence-corrected chi connectivity index (χ1v) is 15.7. The van der Waals surface area contributed by atoms with Gasteiger partial charge < -0.3 is 30.7 Å². The van der Waals surface area contributed by atoms with Gasteiger partial charge in [0.15, 0.2) is 0 Å². The molecule has 1 aromatic rings. The van der Waals surface area contributed by atoms with Crippen molar-refractivity contribution in [1.29, 1.82) is 0 Å². The van der Waals surface area contributed by atoms with E-state index in [9.17, 15) is 33.6 Å². The van der Waals surface area contributed by atoms with Crippen LogP contribution in [0.25, 0.3) is 0 Å². The van der Waals surface area contributed by atoms with Crippen LogP contribution in [0.4, 0.5) is 5.69 Å². The van der Waals surface area contributed by atoms with Crippen LogP contribution in [0.3, 0.4) is 0 Å². The van der Waals surface area contributed by atoms with Gasteiger partial charge in [0.25, 0.3) is 11.5 Å². The summed E-state index contributed by atoms with van der Waals surface area (Å²) in [6.07, 6.45) is 7.92. The number of likely N-dealkylation sites (N-methyl/N-ethyl adjacent to an activating group) is 1. The molecule has 5 aliphatic rings. The Labute approximate surface area is 255 Å². The summed E-state index contributed by atoms with van der Waals surface area (Å²) in [7, 11) is 1.31. The molecular weight excluding hydrogens is 568 g/mol. The summed E-state index contributed by atoms with van der Waals surface area (Å²) in [6.45, 7) is 1.58. The number of hydrogen-bond donors (Lipinski definition) is 4. The molecule has 4 saturated carbocycles. The molecule has 13 nitrogen and oxygen atoms in total. The lowest BCUT2D eigenvalue weighted by atomic mass is 9.54. The minimum Gasteiger partial charge on any atom is -0.353 e. The Morgan fingerprint density at radius 1 is 1.00 bits per heavy atom. The maximum absolute atomic E-state index is 13.4. The summed E-state index contributed by atoms with van der Waals surface area (Å²) in [6, 6.07) is 1.04. The van der Waals surface area contributed by atoms with Crippen molar-refractivity contribution in [3.63, 3.8) is 0 Å². The van der Waals surface area contributed by atoms with Crippen molar-refractivity contribution < 1.29 is 28.8 Å². The van der Waals surface area contributed by atoms with E-state index >= 15 is 0 Å². The van der Waals surface area contributed by atoms with Gasteiger partial charge >= 0.3 is 0 Å². The van der Waals surface area contributed by atoms with Crippen molar-refractivity contribution in [2.24, 2.45) is 23.7 Å². The second kappa shape index (κ2) is 13.3. The van der Waals surface area contributed by atoms with Gasteiger partial charge in [-0.15, -0.1) is 0 Å². The van der Waals surface area contributed by atoms with Gasteiger partial charge in [0, 0.05) is 39.2 Å². The highest BCUT2D eigenvalue weighted by atomic mass is 16.2. The first-order valence-electron chi connectivity index (χ1n) is 15.7. The Bertz CT molecular complexity index is 1360. The Hall–Kier alpha value is -4.03. The van der Waals surface area contributed by atoms with Crippen molar-refractivity contribution in [3.8, 4) is 0 Å². The summed E-state index contributed by atoms with van der Waals surface area (Å²) < 4.78 is 1.23. The van der Waals surface area contributed by atoms with E-state index in [-0.39, 0.29) is 42.9 Å². The van der Waals surface area contributed by atoms with E-state index in [4.69, 9.17) is 0 Å². The smallest absolute Gasteiger partial charge is 0.287 e. The van der Waals surface area contributed by atoms with E-state index < -0.39 is 41.1 Å². The largest absolute Gasteiger partial charge is 0.353 e. The van der Waals surface area contributed by atoms with Crippen LogP contribution in [-0.2, 0) is 35.3 Å². The average molecular weight is 611 g/mol. The number of aromatic nitrogens is 1. The van der Waals surface area contributed by atoms with E-state index in [0.29, 0.717) is 31.2 Å². The molecule has 1 aliphatic heterocycles. The number of hydrogen-bond acceptors (Lipinski definition) is 7. The molecule has 1 aromatic heterocycles. The van der Waals surface area contributed by atoms with Crippen LogP contribution >= 0.6 is 0 Å². The van der Waals surface area contributed by atoms with Crippen LogP contribution in [0.1, 0.15) is 64.7 Å². The third kappa shape index (κ3) is 6.86. The zero-order valence-electron chi connectivity index (χ0n) is 25.3. The number of likely N-dealkylation sites (tertiary alicyclic amines) is 1. The highest BCUT2D eigenvalue weighted by Gasteiger charge is 2.48. The normalized spacial score (nSPS) is 27.4. The molecule has 44 heavy (non-hydrogen) atoms. The molecule has 5 fully saturated rings. The van der Waals surface area contributed by atoms with Crippen LogP contribution in [0, 0.1) is 23.7 Å². The van der Waals surface area contributed by atoms with Crippen LogP contribution < -0.4 is 26.8 Å². The number of nitrogens with one attached hydrogen (secondary N) is 4. The predicted molar refractivity (Wildman–Crippen MR) is 159 cm³/mol. The van der Waals surface area contributed by atoms with Crippen LogP contribution in [0.15, 0.2) is 23.1 Å². The van der Waals surface area contributed by atoms with Crippen molar-refractivity contribution in [2.45, 2.75) is 89.4 Å². The fourth-order valence-electron chi connectivity index (χ4n) is 8.00. The average Bonchev–Trinajstić information content (AvgIpc) is 3.49. The minimum absolute atomic E-state index is 0.0944. The molecule has 238 valence electrons. The number of ketones is 1. The SMILES string of the molecule is CNC(=O)C(=O)CCC(NC(=O)[C@@H]1CCCN1C(C)=O)C(=O)Nc1cccn(CC(=O)NC2C3CC4CC(C3)CC2C4)c1=O. The second-order valence-corrected chi connectivity index (χ2v) is 12.8. The Kier molecular flexibility index (Phi) is 9.50. The number of Topliss-reactive ketones (excluding diaryl/α,β-unsaturated/α-hetero) is 1. The Balaban J connectivity index is 1.24. The quantitative estimate of drug-likeness (QED) is 0.261. The lowest BCUT2D eigenvalue weighted by Gasteiger charge is -2.54. The maximum atomic E-state index is 13.4. The lowest BCUT2D eigenvalue weighted by molar-refractivity contribution is -0.138. The molecular formula is C31H42N6O7. The zero-order valence-corrected chi connectivity index (χ0v) is 25.3. The molecule has 13 heteroatoms. The van der Waals surface area contributed by atoms with E-state index in [2.05, 4.69) is 21.3 Å². The number of amides is 5. The minimum atomic E-state index is -1.27. The van der Waals surface area contributed by atoms with Crippen molar-refractivity contribution >= 4 is 41.0 Å². The number of nitrogens with zero attached hydrogens (tertiary/aromatic N) is 2. The van der Waals surface area contributed by atoms with Gasteiger partial charge in [-0.1, -0.05) is 0 Å². The number of anilines is 1. The van der Waals surface area contributed by atoms with E-state index in [1.54, 1.807) is 6.07 Å². The third-order valence-electron chi connectivity index (χ3n) is 9.88. The van der Waals surface area contributed by atoms with Gasteiger partial charge in [-0.05, 0) is 87.2 Å². The number of pyridine rings is 1. The maximum Gasteiger partial charge on any atom is 0.287 e. The summed E-state index contributed by atoms with van der Waals surface area (Å²) in [5.74, 6) is -0.900. The van der Waals surface area contributed by atoms with Gasteiger partial charge in [-0.2, -0.15) is 0 Å². The van der Waals surface area contributed by atoms with Crippen molar-refractivity contribution in [3.05, 3.63) is 28.7 Å². The van der Waals surface area contributed by atoms with Gasteiger partial charge in [-0.3, -0.25) is 33.6 Å². The molecule has 6 rings (SSSR count). The summed E-state index contributed by atoms with van der Waals surface area (Å²) >= 11 is 0. The fraction of sp³-hybridized carbons (Fsp3) is 0.645. The van der Waals surface area contributed by atoms with E-state index in [1.165, 1.54) is 42.1 Å². The number of carbonyl (C=O) groups is 6. The number of rotatable bonds is 11. The van der Waals surface area contributed by atoms with Gasteiger partial charge in [0.2, 0.25) is 29.4 Å². The molecule has 4 N–H and O–H groups in total. The second-order valence-electron chi connectivity index (χ2n) is 12.8. The van der Waals surface area contributed by atoms with Gasteiger partial charge in [0.05, 0.1) is 0 Å². The molecule has 4 bridgehead atoms. The monoisotopic (exact) mass is 610 g/mol. The van der Waals surface area contributed by atoms with Crippen molar-refractivity contribution in [1.82, 2.24) is 25.4 Å². The number of carbonyl (C=O) groups excluding carboxylic acids is 6. The molecule has 1 saturated heterocycles. The lowest BCUT2D eigenvalue weighted by Crippen LogP contribution is -2.56. The van der Waals surface area contributed by atoms with Crippen LogP contribution in [0.2, 0.25) is 0 Å². The first kappa shape index (κ1) is 31.4. The molecule has 0 radical (unpaired) electrons. The standard InChI is InChI=1S/C31H42N6O7/c1-17(38)37-10-4-6-24(37)29(42)33-22(7-8-25(39)30(43)32-2)28(41)34-23-5-3-9-36(31(23)44)16-26(40)35-27-20-12-18-11-19(14-20)15-21(27)13-18/h3,5,9,18-22,24,27H,4,6-8,10-16H2,1-2H3,(H,32,43)(H,33,42)(H,34,41)(H,35,40)/t18?,19?,20?,21?,22?,24-,27?/m0/s1. The van der Waals surface area contributed by atoms with Crippen LogP contribution in [-0.4, -0.2) is 76.5 Å². The summed E-state index contributed by atoms with van der Waals surface area (Å²) in [4.78, 5) is 90.1. The molecule has 5 amide bonds. The van der Waals surface area contributed by atoms with E-state index in [1.807, 2.05) is 0 Å². The first-order chi connectivity index (χ1) is 21.0. The summed E-state index contributed by atoms with van der Waals surface area (Å²) in [5, 5.41) is 10.6. The molecule has 1 unspecified atom stereocenters. The highest BCUT2D eigenvalue weighted by Crippen LogP contribution is 2.53. The summed E-state index contributed by atoms with van der Waals surface area (Å²) in [5.41, 5.74) is -0.686. The fourth-order valence-corrected chi connectivity index (χ4v) is 8.00. The van der Waals surface area contributed by atoms with E-state index in [0.717, 1.165) is 37.5 Å².